The van der Waals surface area contributed by atoms with E-state index < -0.39 is 0 Å². The van der Waals surface area contributed by atoms with Crippen molar-refractivity contribution in [2.24, 2.45) is 4.99 Å². The summed E-state index contributed by atoms with van der Waals surface area (Å²) in [5.41, 5.74) is 3.99. The minimum atomic E-state index is -0.223. The zero-order chi connectivity index (χ0) is 18.1. The monoisotopic (exact) mass is 346 g/mol. The van der Waals surface area contributed by atoms with Gasteiger partial charge >= 0.3 is 0 Å². The third-order valence-corrected chi connectivity index (χ3v) is 5.01. The number of aromatic nitrogens is 1. The Bertz CT molecular complexity index is 997. The van der Waals surface area contributed by atoms with Gasteiger partial charge in [0, 0.05) is 23.2 Å². The van der Waals surface area contributed by atoms with Crippen LogP contribution in [0.3, 0.4) is 0 Å². The van der Waals surface area contributed by atoms with E-state index in [1.54, 1.807) is 12.1 Å². The van der Waals surface area contributed by atoms with Crippen molar-refractivity contribution >= 4 is 22.5 Å². The van der Waals surface area contributed by atoms with Crippen LogP contribution in [0, 0.1) is 6.92 Å². The Hall–Kier alpha value is -2.88. The lowest BCUT2D eigenvalue weighted by molar-refractivity contribution is 0.0956. The molecule has 4 nitrogen and oxygen atoms in total. The van der Waals surface area contributed by atoms with Crippen LogP contribution < -0.4 is 0 Å². The van der Waals surface area contributed by atoms with Crippen LogP contribution in [-0.2, 0) is 0 Å². The van der Waals surface area contributed by atoms with Crippen molar-refractivity contribution in [2.75, 3.05) is 6.54 Å². The van der Waals surface area contributed by atoms with Crippen LogP contribution >= 0.6 is 0 Å². The van der Waals surface area contributed by atoms with Gasteiger partial charge in [-0.05, 0) is 44.4 Å². The molecule has 0 atom stereocenters. The van der Waals surface area contributed by atoms with E-state index in [0.717, 1.165) is 54.4 Å². The average Bonchev–Trinajstić information content (AvgIpc) is 2.80. The van der Waals surface area contributed by atoms with Crippen molar-refractivity contribution in [3.63, 3.8) is 0 Å². The Kier molecular flexibility index (Phi) is 4.33. The van der Waals surface area contributed by atoms with E-state index in [0.29, 0.717) is 11.1 Å². The van der Waals surface area contributed by atoms with E-state index in [4.69, 9.17) is 4.99 Å². The summed E-state index contributed by atoms with van der Waals surface area (Å²) < 4.78 is 1.42. The minimum absolute atomic E-state index is 0.00238. The zero-order valence-electron chi connectivity index (χ0n) is 14.9. The Morgan fingerprint density at radius 1 is 1.04 bits per heavy atom. The Morgan fingerprint density at radius 3 is 2.62 bits per heavy atom. The highest BCUT2D eigenvalue weighted by Crippen LogP contribution is 2.34. The number of hydrogen-bond donors (Lipinski definition) is 1. The number of fused-ring (bicyclic) bond motifs is 1. The molecule has 0 aliphatic carbocycles. The second-order valence-corrected chi connectivity index (χ2v) is 6.86. The van der Waals surface area contributed by atoms with Gasteiger partial charge in [0.25, 0.3) is 5.91 Å². The lowest BCUT2D eigenvalue weighted by Gasteiger charge is -2.07. The van der Waals surface area contributed by atoms with Gasteiger partial charge < -0.3 is 5.11 Å². The first kappa shape index (κ1) is 16.6. The molecule has 26 heavy (non-hydrogen) atoms. The molecule has 0 saturated carbocycles. The fourth-order valence-corrected chi connectivity index (χ4v) is 3.62. The van der Waals surface area contributed by atoms with Crippen LogP contribution in [-0.4, -0.2) is 27.8 Å². The van der Waals surface area contributed by atoms with Crippen molar-refractivity contribution in [2.45, 2.75) is 32.6 Å². The third kappa shape index (κ3) is 2.81. The summed E-state index contributed by atoms with van der Waals surface area (Å²) in [5, 5.41) is 11.9. The van der Waals surface area contributed by atoms with Crippen molar-refractivity contribution in [3.05, 3.63) is 65.2 Å². The van der Waals surface area contributed by atoms with Crippen LogP contribution in [0.4, 0.5) is 0 Å². The van der Waals surface area contributed by atoms with Gasteiger partial charge in [0.05, 0.1) is 11.1 Å². The zero-order valence-corrected chi connectivity index (χ0v) is 14.9. The Morgan fingerprint density at radius 2 is 1.81 bits per heavy atom. The molecule has 1 aliphatic rings. The number of rotatable bonds is 2. The van der Waals surface area contributed by atoms with E-state index >= 15 is 0 Å². The van der Waals surface area contributed by atoms with E-state index in [2.05, 4.69) is 0 Å². The van der Waals surface area contributed by atoms with E-state index in [9.17, 15) is 9.90 Å². The lowest BCUT2D eigenvalue weighted by Crippen LogP contribution is -2.12. The van der Waals surface area contributed by atoms with E-state index in [1.165, 1.54) is 4.57 Å². The summed E-state index contributed by atoms with van der Waals surface area (Å²) in [4.78, 5) is 17.8. The molecule has 0 unspecified atom stereocenters. The highest BCUT2D eigenvalue weighted by Gasteiger charge is 2.25. The van der Waals surface area contributed by atoms with Gasteiger partial charge in [-0.25, -0.2) is 4.57 Å². The number of aryl methyl sites for hydroxylation is 1. The quantitative estimate of drug-likeness (QED) is 0.731. The maximum absolute atomic E-state index is 13.1. The molecule has 2 heterocycles. The third-order valence-electron chi connectivity index (χ3n) is 5.01. The first-order valence-corrected chi connectivity index (χ1v) is 9.14. The molecule has 4 rings (SSSR count). The van der Waals surface area contributed by atoms with Gasteiger partial charge in [0.15, 0.2) is 0 Å². The molecule has 1 aromatic heterocycles. The average molecular weight is 346 g/mol. The topological polar surface area (TPSA) is 54.6 Å². The molecular weight excluding hydrogens is 324 g/mol. The molecule has 0 spiro atoms. The number of nitrogens with zero attached hydrogens (tertiary/aromatic N) is 2. The molecule has 2 aromatic carbocycles. The molecule has 1 N–H and O–H groups in total. The van der Waals surface area contributed by atoms with Gasteiger partial charge in [-0.1, -0.05) is 42.3 Å². The molecule has 0 bridgehead atoms. The summed E-state index contributed by atoms with van der Waals surface area (Å²) >= 11 is 0. The number of hydrogen-bond acceptors (Lipinski definition) is 3. The summed E-state index contributed by atoms with van der Waals surface area (Å²) in [6.07, 6.45) is 4.11. The second kappa shape index (κ2) is 6.79. The maximum Gasteiger partial charge on any atom is 0.265 e. The summed E-state index contributed by atoms with van der Waals surface area (Å²) in [5.74, 6) is -0.225. The normalized spacial score (nSPS) is 14.9. The molecule has 4 heteroatoms. The molecule has 132 valence electrons. The Labute approximate surface area is 152 Å². The number of benzene rings is 2. The number of carbonyl (C=O) groups is 1. The summed E-state index contributed by atoms with van der Waals surface area (Å²) in [6, 6.07) is 15.1. The maximum atomic E-state index is 13.1. The fourth-order valence-electron chi connectivity index (χ4n) is 3.62. The highest BCUT2D eigenvalue weighted by molar-refractivity contribution is 6.16. The minimum Gasteiger partial charge on any atom is -0.494 e. The first-order chi connectivity index (χ1) is 12.7. The highest BCUT2D eigenvalue weighted by atomic mass is 16.3. The molecule has 3 aromatic rings. The first-order valence-electron chi connectivity index (χ1n) is 9.14. The SMILES string of the molecule is Cc1ccc(C(=O)n2c(O)c(C3=NCCCCC3)c3ccccc32)cc1. The second-order valence-electron chi connectivity index (χ2n) is 6.86. The lowest BCUT2D eigenvalue weighted by atomic mass is 10.0. The molecular formula is C22H22N2O2. The number of aliphatic imine (C=N–C) groups is 1. The van der Waals surface area contributed by atoms with Gasteiger partial charge in [0.2, 0.25) is 5.88 Å². The molecule has 0 amide bonds. The van der Waals surface area contributed by atoms with Crippen LogP contribution in [0.25, 0.3) is 10.9 Å². The van der Waals surface area contributed by atoms with Crippen LogP contribution in [0.15, 0.2) is 53.5 Å². The number of para-hydroxylation sites is 1. The standard InChI is InChI=1S/C22H22N2O2/c1-15-10-12-16(13-11-15)21(25)24-19-9-5-4-7-17(19)20(22(24)26)18-8-3-2-6-14-23-18/h4-5,7,9-13,26H,2-3,6,8,14H2,1H3. The number of aromatic hydroxyl groups is 1. The van der Waals surface area contributed by atoms with E-state index in [-0.39, 0.29) is 11.8 Å². The van der Waals surface area contributed by atoms with Crippen LogP contribution in [0.2, 0.25) is 0 Å². The smallest absolute Gasteiger partial charge is 0.265 e. The van der Waals surface area contributed by atoms with Crippen molar-refractivity contribution < 1.29 is 9.90 Å². The largest absolute Gasteiger partial charge is 0.494 e. The Balaban J connectivity index is 1.90. The van der Waals surface area contributed by atoms with Crippen molar-refractivity contribution in [1.82, 2.24) is 4.57 Å². The molecule has 0 fully saturated rings. The summed E-state index contributed by atoms with van der Waals surface area (Å²) in [6.45, 7) is 2.76. The fraction of sp³-hybridized carbons (Fsp3) is 0.273. The predicted octanol–water partition coefficient (Wildman–Crippen LogP) is 4.71. The van der Waals surface area contributed by atoms with Gasteiger partial charge in [-0.2, -0.15) is 0 Å². The predicted molar refractivity (Wildman–Crippen MR) is 104 cm³/mol. The van der Waals surface area contributed by atoms with Crippen molar-refractivity contribution in [1.29, 1.82) is 0 Å². The van der Waals surface area contributed by atoms with Crippen LogP contribution in [0.1, 0.15) is 47.2 Å². The van der Waals surface area contributed by atoms with E-state index in [1.807, 2.05) is 43.3 Å². The van der Waals surface area contributed by atoms with Crippen LogP contribution in [0.5, 0.6) is 5.88 Å². The molecule has 0 saturated heterocycles. The molecule has 0 radical (unpaired) electrons. The van der Waals surface area contributed by atoms with Crippen molar-refractivity contribution in [3.8, 4) is 5.88 Å². The van der Waals surface area contributed by atoms with Gasteiger partial charge in [-0.15, -0.1) is 0 Å². The molecule has 1 aliphatic heterocycles. The number of carbonyl (C=O) groups excluding carboxylic acids is 1. The van der Waals surface area contributed by atoms with Gasteiger partial charge in [0.1, 0.15) is 0 Å². The summed E-state index contributed by atoms with van der Waals surface area (Å²) in [7, 11) is 0. The van der Waals surface area contributed by atoms with Gasteiger partial charge in [-0.3, -0.25) is 9.79 Å².